The number of rotatable bonds is 4. The molecule has 1 aliphatic carbocycles. The minimum atomic E-state index is -0.717. The van der Waals surface area contributed by atoms with Crippen LogP contribution in [0.4, 0.5) is 0 Å². The van der Waals surface area contributed by atoms with Gasteiger partial charge in [0.15, 0.2) is 29.2 Å². The summed E-state index contributed by atoms with van der Waals surface area (Å²) in [5.41, 5.74) is 14.4. The first kappa shape index (κ1) is 24.2. The second-order valence-corrected chi connectivity index (χ2v) is 10.7. The third-order valence-corrected chi connectivity index (χ3v) is 7.86. The summed E-state index contributed by atoms with van der Waals surface area (Å²) in [4.78, 5) is 0. The second-order valence-electron chi connectivity index (χ2n) is 10.7. The van der Waals surface area contributed by atoms with Gasteiger partial charge in [0, 0.05) is 16.5 Å². The maximum Gasteiger partial charge on any atom is 0.215 e. The van der Waals surface area contributed by atoms with Gasteiger partial charge in [-0.25, -0.2) is 0 Å². The first-order valence-electron chi connectivity index (χ1n) is 13.3. The van der Waals surface area contributed by atoms with Gasteiger partial charge in [-0.3, -0.25) is 11.1 Å². The fourth-order valence-corrected chi connectivity index (χ4v) is 5.70. The fourth-order valence-electron chi connectivity index (χ4n) is 5.70. The van der Waals surface area contributed by atoms with Crippen molar-refractivity contribution in [2.24, 2.45) is 5.73 Å². The molecule has 1 atom stereocenters. The predicted molar refractivity (Wildman–Crippen MR) is 157 cm³/mol. The van der Waals surface area contributed by atoms with Gasteiger partial charge < -0.3 is 14.2 Å². The van der Waals surface area contributed by atoms with E-state index in [2.05, 4.69) is 50.2 Å². The van der Waals surface area contributed by atoms with E-state index in [9.17, 15) is 0 Å². The number of hydrogen-bond acceptors (Lipinski definition) is 5. The van der Waals surface area contributed by atoms with E-state index in [1.165, 1.54) is 22.3 Å². The molecule has 40 heavy (non-hydrogen) atoms. The lowest BCUT2D eigenvalue weighted by Gasteiger charge is -2.25. The monoisotopic (exact) mass is 524 g/mol. The SMILES string of the molecule is CC1(C)c2ccccc2-c2cc3c(cc21)Oc1ccc(-c2cccc(C(=N)OC(N)c4ccccc4)c2)cc1O3. The number of benzene rings is 5. The van der Waals surface area contributed by atoms with Crippen LogP contribution in [-0.4, -0.2) is 5.90 Å². The standard InChI is InChI=1S/C35H28N2O3/c1-35(2)27-14-7-6-13-25(27)26-19-31-32(20-28(26)35)38-29-16-15-23(18-30(29)39-31)22-11-8-12-24(17-22)34(37)40-33(36)21-9-4-3-5-10-21/h3-20,33,37H,36H2,1-2H3. The van der Waals surface area contributed by atoms with Crippen molar-refractivity contribution in [2.75, 3.05) is 0 Å². The average molecular weight is 525 g/mol. The van der Waals surface area contributed by atoms with E-state index < -0.39 is 6.23 Å². The van der Waals surface area contributed by atoms with E-state index in [4.69, 9.17) is 25.4 Å². The van der Waals surface area contributed by atoms with E-state index in [1.807, 2.05) is 72.8 Å². The third-order valence-electron chi connectivity index (χ3n) is 7.86. The molecule has 3 N–H and O–H groups in total. The molecule has 196 valence electrons. The number of nitrogens with one attached hydrogen (secondary N) is 1. The molecule has 1 heterocycles. The van der Waals surface area contributed by atoms with Crippen LogP contribution in [-0.2, 0) is 10.2 Å². The molecule has 0 bridgehead atoms. The lowest BCUT2D eigenvalue weighted by atomic mass is 9.82. The van der Waals surface area contributed by atoms with Crippen LogP contribution >= 0.6 is 0 Å². The highest BCUT2D eigenvalue weighted by Crippen LogP contribution is 2.55. The molecule has 7 rings (SSSR count). The summed E-state index contributed by atoms with van der Waals surface area (Å²) in [6.07, 6.45) is -0.717. The average Bonchev–Trinajstić information content (AvgIpc) is 3.21. The Morgan fingerprint density at radius 1 is 0.675 bits per heavy atom. The number of hydrogen-bond donors (Lipinski definition) is 2. The van der Waals surface area contributed by atoms with Gasteiger partial charge in [0.25, 0.3) is 0 Å². The van der Waals surface area contributed by atoms with Crippen molar-refractivity contribution in [3.63, 3.8) is 0 Å². The maximum atomic E-state index is 8.49. The largest absolute Gasteiger partial charge is 0.454 e. The summed E-state index contributed by atoms with van der Waals surface area (Å²) in [7, 11) is 0. The molecule has 5 nitrogen and oxygen atoms in total. The van der Waals surface area contributed by atoms with Gasteiger partial charge in [0.05, 0.1) is 0 Å². The molecule has 2 aliphatic rings. The summed E-state index contributed by atoms with van der Waals surface area (Å²) < 4.78 is 18.5. The summed E-state index contributed by atoms with van der Waals surface area (Å²) in [5, 5.41) is 8.49. The zero-order valence-corrected chi connectivity index (χ0v) is 22.3. The molecule has 5 heteroatoms. The van der Waals surface area contributed by atoms with Crippen LogP contribution in [0.25, 0.3) is 22.3 Å². The first-order chi connectivity index (χ1) is 19.4. The van der Waals surface area contributed by atoms with Gasteiger partial charge in [0.2, 0.25) is 5.90 Å². The molecule has 0 saturated carbocycles. The summed E-state index contributed by atoms with van der Waals surface area (Å²) >= 11 is 0. The molecule has 1 aliphatic heterocycles. The predicted octanol–water partition coefficient (Wildman–Crippen LogP) is 8.56. The van der Waals surface area contributed by atoms with Crippen LogP contribution in [0.15, 0.2) is 109 Å². The van der Waals surface area contributed by atoms with E-state index in [0.717, 1.165) is 22.4 Å². The Hall–Kier alpha value is -4.87. The Bertz CT molecular complexity index is 1790. The maximum absolute atomic E-state index is 8.49. The highest BCUT2D eigenvalue weighted by atomic mass is 16.6. The van der Waals surface area contributed by atoms with E-state index >= 15 is 0 Å². The van der Waals surface area contributed by atoms with Crippen molar-refractivity contribution < 1.29 is 14.2 Å². The normalized spacial score (nSPS) is 14.5. The van der Waals surface area contributed by atoms with Crippen molar-refractivity contribution in [3.05, 3.63) is 131 Å². The molecule has 0 radical (unpaired) electrons. The summed E-state index contributed by atoms with van der Waals surface area (Å²) in [5.74, 6) is 2.77. The van der Waals surface area contributed by atoms with Crippen LogP contribution in [0.3, 0.4) is 0 Å². The zero-order chi connectivity index (χ0) is 27.4. The van der Waals surface area contributed by atoms with Crippen LogP contribution in [0.5, 0.6) is 23.0 Å². The molecule has 1 unspecified atom stereocenters. The van der Waals surface area contributed by atoms with Crippen molar-refractivity contribution >= 4 is 5.90 Å². The highest BCUT2D eigenvalue weighted by Gasteiger charge is 2.37. The zero-order valence-electron chi connectivity index (χ0n) is 22.3. The molecule has 5 aromatic carbocycles. The van der Waals surface area contributed by atoms with Crippen LogP contribution < -0.4 is 15.2 Å². The Labute approximate surface area is 233 Å². The fraction of sp³-hybridized carbons (Fsp3) is 0.114. The van der Waals surface area contributed by atoms with Crippen molar-refractivity contribution in [1.29, 1.82) is 5.41 Å². The van der Waals surface area contributed by atoms with Crippen molar-refractivity contribution in [2.45, 2.75) is 25.5 Å². The molecule has 0 saturated heterocycles. The minimum absolute atomic E-state index is 0.0155. The number of nitrogens with two attached hydrogens (primary N) is 1. The molecule has 0 spiro atoms. The van der Waals surface area contributed by atoms with Gasteiger partial charge in [-0.1, -0.05) is 86.6 Å². The smallest absolute Gasteiger partial charge is 0.215 e. The molecule has 0 amide bonds. The molecule has 0 fully saturated rings. The lowest BCUT2D eigenvalue weighted by Crippen LogP contribution is -2.19. The van der Waals surface area contributed by atoms with Crippen molar-refractivity contribution in [1.82, 2.24) is 0 Å². The van der Waals surface area contributed by atoms with E-state index in [1.54, 1.807) is 0 Å². The van der Waals surface area contributed by atoms with Gasteiger partial charge >= 0.3 is 0 Å². The number of ether oxygens (including phenoxy) is 3. The quantitative estimate of drug-likeness (QED) is 0.138. The Balaban J connectivity index is 1.17. The van der Waals surface area contributed by atoms with Crippen LogP contribution in [0, 0.1) is 5.41 Å². The van der Waals surface area contributed by atoms with Gasteiger partial charge in [0.1, 0.15) is 0 Å². The first-order valence-corrected chi connectivity index (χ1v) is 13.3. The third kappa shape index (κ3) is 3.94. The highest BCUT2D eigenvalue weighted by molar-refractivity contribution is 5.93. The minimum Gasteiger partial charge on any atom is -0.454 e. The van der Waals surface area contributed by atoms with Gasteiger partial charge in [-0.15, -0.1) is 0 Å². The molecular formula is C35H28N2O3. The molecule has 5 aromatic rings. The Morgan fingerprint density at radius 3 is 2.23 bits per heavy atom. The topological polar surface area (TPSA) is 77.6 Å². The number of fused-ring (bicyclic) bond motifs is 5. The molecule has 0 aromatic heterocycles. The van der Waals surface area contributed by atoms with Gasteiger partial charge in [-0.05, 0) is 69.8 Å². The summed E-state index contributed by atoms with van der Waals surface area (Å²) in [6.45, 7) is 4.50. The van der Waals surface area contributed by atoms with Gasteiger partial charge in [-0.2, -0.15) is 0 Å². The van der Waals surface area contributed by atoms with E-state index in [-0.39, 0.29) is 11.3 Å². The Kier molecular flexibility index (Phi) is 5.51. The van der Waals surface area contributed by atoms with E-state index in [0.29, 0.717) is 22.8 Å². The van der Waals surface area contributed by atoms with Crippen molar-refractivity contribution in [3.8, 4) is 45.3 Å². The molecular weight excluding hydrogens is 496 g/mol. The second kappa shape index (κ2) is 9.11. The van der Waals surface area contributed by atoms with Crippen LogP contribution in [0.1, 0.15) is 42.3 Å². The summed E-state index contributed by atoms with van der Waals surface area (Å²) in [6, 6.07) is 35.8. The Morgan fingerprint density at radius 2 is 1.38 bits per heavy atom. The lowest BCUT2D eigenvalue weighted by molar-refractivity contribution is 0.199. The van der Waals surface area contributed by atoms with Crippen LogP contribution in [0.2, 0.25) is 0 Å².